The van der Waals surface area contributed by atoms with E-state index >= 15 is 0 Å². The molecule has 1 saturated heterocycles. The summed E-state index contributed by atoms with van der Waals surface area (Å²) < 4.78 is 10.0. The van der Waals surface area contributed by atoms with Crippen LogP contribution in [0.3, 0.4) is 0 Å². The Kier molecular flexibility index (Phi) is 6.84. The van der Waals surface area contributed by atoms with Crippen LogP contribution in [-0.4, -0.2) is 41.9 Å². The van der Waals surface area contributed by atoms with Crippen LogP contribution in [0.25, 0.3) is 6.08 Å². The van der Waals surface area contributed by atoms with Crippen molar-refractivity contribution < 1.29 is 23.5 Å². The van der Waals surface area contributed by atoms with Crippen molar-refractivity contribution in [3.8, 4) is 0 Å². The Bertz CT molecular complexity index is 871. The molecule has 1 aromatic carbocycles. The van der Waals surface area contributed by atoms with Gasteiger partial charge in [-0.1, -0.05) is 12.1 Å². The molecular formula is C22H24N2O5. The average molecular weight is 396 g/mol. The molecule has 2 amide bonds. The topological polar surface area (TPSA) is 88.9 Å². The second-order valence-corrected chi connectivity index (χ2v) is 6.68. The number of nitrogens with one attached hydrogen (secondary N) is 1. The summed E-state index contributed by atoms with van der Waals surface area (Å²) in [6.45, 7) is 2.60. The van der Waals surface area contributed by atoms with E-state index in [0.717, 1.165) is 18.4 Å². The number of anilines is 1. The third-order valence-corrected chi connectivity index (χ3v) is 4.67. The Morgan fingerprint density at radius 2 is 2.00 bits per heavy atom. The number of nitrogens with zero attached hydrogens (tertiary/aromatic N) is 1. The van der Waals surface area contributed by atoms with Crippen molar-refractivity contribution in [1.29, 1.82) is 0 Å². The predicted molar refractivity (Wildman–Crippen MR) is 108 cm³/mol. The Balaban J connectivity index is 1.63. The van der Waals surface area contributed by atoms with E-state index in [-0.39, 0.29) is 17.6 Å². The van der Waals surface area contributed by atoms with Crippen molar-refractivity contribution in [2.45, 2.75) is 32.2 Å². The highest BCUT2D eigenvalue weighted by Crippen LogP contribution is 2.22. The third kappa shape index (κ3) is 5.34. The van der Waals surface area contributed by atoms with Gasteiger partial charge in [0.05, 0.1) is 12.9 Å². The number of esters is 1. The molecule has 1 aromatic heterocycles. The quantitative estimate of drug-likeness (QED) is 0.596. The first-order chi connectivity index (χ1) is 14.1. The Morgan fingerprint density at radius 1 is 1.21 bits per heavy atom. The van der Waals surface area contributed by atoms with Gasteiger partial charge in [0.25, 0.3) is 5.91 Å². The van der Waals surface area contributed by atoms with E-state index in [2.05, 4.69) is 5.32 Å². The lowest BCUT2D eigenvalue weighted by atomic mass is 10.0. The number of hydrogen-bond acceptors (Lipinski definition) is 5. The summed E-state index contributed by atoms with van der Waals surface area (Å²) >= 11 is 0. The van der Waals surface area contributed by atoms with Crippen LogP contribution < -0.4 is 5.32 Å². The van der Waals surface area contributed by atoms with E-state index in [1.54, 1.807) is 54.3 Å². The minimum absolute atomic E-state index is 0.223. The first-order valence-corrected chi connectivity index (χ1v) is 9.68. The number of amides is 2. The monoisotopic (exact) mass is 396 g/mol. The van der Waals surface area contributed by atoms with Gasteiger partial charge >= 0.3 is 5.97 Å². The molecule has 0 spiro atoms. The molecule has 0 radical (unpaired) electrons. The lowest BCUT2D eigenvalue weighted by molar-refractivity contribution is -0.137. The van der Waals surface area contributed by atoms with Gasteiger partial charge in [-0.2, -0.15) is 0 Å². The molecule has 2 aromatic rings. The Morgan fingerprint density at radius 3 is 2.69 bits per heavy atom. The number of rotatable bonds is 6. The largest absolute Gasteiger partial charge is 0.463 e. The first-order valence-electron chi connectivity index (χ1n) is 9.68. The summed E-state index contributed by atoms with van der Waals surface area (Å²) in [4.78, 5) is 38.4. The van der Waals surface area contributed by atoms with Gasteiger partial charge in [-0.15, -0.1) is 0 Å². The summed E-state index contributed by atoms with van der Waals surface area (Å²) in [5.41, 5.74) is 1.43. The van der Waals surface area contributed by atoms with Gasteiger partial charge in [0.1, 0.15) is 6.04 Å². The van der Waals surface area contributed by atoms with Gasteiger partial charge in [-0.3, -0.25) is 9.59 Å². The second kappa shape index (κ2) is 9.73. The van der Waals surface area contributed by atoms with Crippen LogP contribution in [0.1, 0.15) is 42.3 Å². The highest BCUT2D eigenvalue weighted by atomic mass is 16.5. The summed E-state index contributed by atoms with van der Waals surface area (Å²) in [6.07, 6.45) is 6.81. The number of furan rings is 1. The van der Waals surface area contributed by atoms with Crippen molar-refractivity contribution in [3.63, 3.8) is 0 Å². The van der Waals surface area contributed by atoms with Gasteiger partial charge in [-0.05, 0) is 62.1 Å². The van der Waals surface area contributed by atoms with E-state index in [9.17, 15) is 14.4 Å². The molecule has 0 bridgehead atoms. The summed E-state index contributed by atoms with van der Waals surface area (Å²) in [7, 11) is 0. The fourth-order valence-electron chi connectivity index (χ4n) is 3.25. The van der Waals surface area contributed by atoms with Crippen LogP contribution >= 0.6 is 0 Å². The zero-order valence-corrected chi connectivity index (χ0v) is 16.3. The van der Waals surface area contributed by atoms with Crippen LogP contribution in [0, 0.1) is 0 Å². The molecule has 152 valence electrons. The second-order valence-electron chi connectivity index (χ2n) is 6.68. The van der Waals surface area contributed by atoms with Crippen LogP contribution in [-0.2, 0) is 14.3 Å². The third-order valence-electron chi connectivity index (χ3n) is 4.67. The molecule has 0 saturated carbocycles. The van der Waals surface area contributed by atoms with Gasteiger partial charge < -0.3 is 19.4 Å². The van der Waals surface area contributed by atoms with Crippen LogP contribution in [0.2, 0.25) is 0 Å². The molecule has 1 aliphatic rings. The normalized spacial score (nSPS) is 16.6. The van der Waals surface area contributed by atoms with E-state index in [4.69, 9.17) is 9.15 Å². The molecule has 1 atom stereocenters. The van der Waals surface area contributed by atoms with Crippen LogP contribution in [0.5, 0.6) is 0 Å². The lowest BCUT2D eigenvalue weighted by Crippen LogP contribution is -2.49. The first kappa shape index (κ1) is 20.4. The fraction of sp³-hybridized carbons (Fsp3) is 0.318. The van der Waals surface area contributed by atoms with Crippen molar-refractivity contribution >= 4 is 29.5 Å². The number of hydrogen-bond donors (Lipinski definition) is 1. The van der Waals surface area contributed by atoms with Gasteiger partial charge in [0, 0.05) is 18.3 Å². The van der Waals surface area contributed by atoms with Gasteiger partial charge in [0.2, 0.25) is 5.91 Å². The molecule has 7 nitrogen and oxygen atoms in total. The minimum atomic E-state index is -0.537. The Labute approximate surface area is 169 Å². The Hall–Kier alpha value is -3.35. The maximum atomic E-state index is 12.8. The van der Waals surface area contributed by atoms with Gasteiger partial charge in [0.15, 0.2) is 5.76 Å². The SMILES string of the molecule is CCOC(=O)C=Cc1ccc(NC(=O)C2CCCCN2C(=O)c2ccco2)cc1. The average Bonchev–Trinajstić information content (AvgIpc) is 3.28. The zero-order chi connectivity index (χ0) is 20.6. The zero-order valence-electron chi connectivity index (χ0n) is 16.3. The molecule has 2 heterocycles. The molecule has 1 aliphatic heterocycles. The highest BCUT2D eigenvalue weighted by Gasteiger charge is 2.33. The summed E-state index contributed by atoms with van der Waals surface area (Å²) in [6, 6.07) is 9.81. The fourth-order valence-corrected chi connectivity index (χ4v) is 3.25. The molecule has 1 fully saturated rings. The predicted octanol–water partition coefficient (Wildman–Crippen LogP) is 3.49. The summed E-state index contributed by atoms with van der Waals surface area (Å²) in [5, 5.41) is 2.88. The summed E-state index contributed by atoms with van der Waals surface area (Å²) in [5.74, 6) is -0.653. The highest BCUT2D eigenvalue weighted by molar-refractivity contribution is 6.00. The maximum absolute atomic E-state index is 12.8. The van der Waals surface area contributed by atoms with Crippen molar-refractivity contribution in [2.24, 2.45) is 0 Å². The number of likely N-dealkylation sites (tertiary alicyclic amines) is 1. The molecule has 1 unspecified atom stereocenters. The molecule has 3 rings (SSSR count). The van der Waals surface area contributed by atoms with Gasteiger partial charge in [-0.25, -0.2) is 4.79 Å². The van der Waals surface area contributed by atoms with Crippen LogP contribution in [0.15, 0.2) is 53.2 Å². The maximum Gasteiger partial charge on any atom is 0.330 e. The molecule has 0 aliphatic carbocycles. The van der Waals surface area contributed by atoms with Crippen molar-refractivity contribution in [2.75, 3.05) is 18.5 Å². The molecule has 7 heteroatoms. The van der Waals surface area contributed by atoms with E-state index in [1.807, 2.05) is 0 Å². The van der Waals surface area contributed by atoms with Crippen molar-refractivity contribution in [3.05, 3.63) is 60.1 Å². The number of carbonyl (C=O) groups is 3. The molecular weight excluding hydrogens is 372 g/mol. The number of carbonyl (C=O) groups excluding carboxylic acids is 3. The minimum Gasteiger partial charge on any atom is -0.463 e. The standard InChI is InChI=1S/C22H24N2O5/c1-2-28-20(25)13-10-16-8-11-17(12-9-16)23-21(26)18-6-3-4-14-24(18)22(27)19-7-5-15-29-19/h5,7-13,15,18H,2-4,6,14H2,1H3,(H,23,26). The van der Waals surface area contributed by atoms with Crippen LogP contribution in [0.4, 0.5) is 5.69 Å². The smallest absolute Gasteiger partial charge is 0.330 e. The number of ether oxygens (including phenoxy) is 1. The van der Waals surface area contributed by atoms with Crippen molar-refractivity contribution in [1.82, 2.24) is 4.90 Å². The number of benzene rings is 1. The van der Waals surface area contributed by atoms with E-state index in [0.29, 0.717) is 25.3 Å². The number of piperidine rings is 1. The lowest BCUT2D eigenvalue weighted by Gasteiger charge is -2.34. The van der Waals surface area contributed by atoms with E-state index < -0.39 is 12.0 Å². The molecule has 1 N–H and O–H groups in total. The molecule has 29 heavy (non-hydrogen) atoms. The van der Waals surface area contributed by atoms with E-state index in [1.165, 1.54) is 12.3 Å².